The number of hydrogen-bond acceptors (Lipinski definition) is 4. The van der Waals surface area contributed by atoms with Crippen molar-refractivity contribution in [2.45, 2.75) is 19.8 Å². The average Bonchev–Trinajstić information content (AvgIpc) is 2.69. The molecule has 3 aromatic rings. The van der Waals surface area contributed by atoms with Crippen molar-refractivity contribution in [3.8, 4) is 0 Å². The number of hydrogen-bond donors (Lipinski definition) is 1. The summed E-state index contributed by atoms with van der Waals surface area (Å²) in [5.74, 6) is 1.36. The van der Waals surface area contributed by atoms with E-state index in [-0.39, 0.29) is 5.91 Å². The summed E-state index contributed by atoms with van der Waals surface area (Å²) in [6, 6.07) is 13.6. The molecule has 1 aliphatic rings. The molecule has 0 saturated carbocycles. The van der Waals surface area contributed by atoms with E-state index in [9.17, 15) is 4.79 Å². The number of carbonyl (C=O) groups is 1. The van der Waals surface area contributed by atoms with Crippen LogP contribution >= 0.6 is 0 Å². The first-order chi connectivity index (χ1) is 12.7. The Hall–Kier alpha value is -2.95. The predicted molar refractivity (Wildman–Crippen MR) is 105 cm³/mol. The minimum Gasteiger partial charge on any atom is -0.341 e. The molecule has 0 spiro atoms. The Morgan fingerprint density at radius 1 is 1.04 bits per heavy atom. The maximum Gasteiger partial charge on any atom is 0.256 e. The van der Waals surface area contributed by atoms with Crippen molar-refractivity contribution in [2.75, 3.05) is 23.3 Å². The lowest BCUT2D eigenvalue weighted by Crippen LogP contribution is -2.34. The lowest BCUT2D eigenvalue weighted by atomic mass is 10.00. The zero-order chi connectivity index (χ0) is 17.9. The molecule has 5 nitrogen and oxygen atoms in total. The van der Waals surface area contributed by atoms with Gasteiger partial charge in [0.1, 0.15) is 0 Å². The van der Waals surface area contributed by atoms with Crippen LogP contribution in [0.2, 0.25) is 0 Å². The molecule has 1 aliphatic heterocycles. The van der Waals surface area contributed by atoms with Gasteiger partial charge in [-0.05, 0) is 35.6 Å². The highest BCUT2D eigenvalue weighted by Gasteiger charge is 2.18. The first kappa shape index (κ1) is 16.5. The third kappa shape index (κ3) is 3.38. The summed E-state index contributed by atoms with van der Waals surface area (Å²) < 4.78 is 0. The number of nitrogens with one attached hydrogen (secondary N) is 1. The van der Waals surface area contributed by atoms with Crippen molar-refractivity contribution < 1.29 is 4.79 Å². The molecule has 2 heterocycles. The Morgan fingerprint density at radius 3 is 2.50 bits per heavy atom. The van der Waals surface area contributed by atoms with Gasteiger partial charge in [-0.2, -0.15) is 0 Å². The van der Waals surface area contributed by atoms with Crippen LogP contribution in [-0.2, 0) is 0 Å². The van der Waals surface area contributed by atoms with Crippen LogP contribution in [0.4, 0.5) is 11.6 Å². The molecule has 26 heavy (non-hydrogen) atoms. The number of carbonyl (C=O) groups excluding carboxylic acids is 1. The fourth-order valence-electron chi connectivity index (χ4n) is 3.38. The van der Waals surface area contributed by atoms with Gasteiger partial charge in [0.25, 0.3) is 5.91 Å². The van der Waals surface area contributed by atoms with Gasteiger partial charge in [0.15, 0.2) is 0 Å². The molecule has 1 amide bonds. The number of fused-ring (bicyclic) bond motifs is 1. The highest BCUT2D eigenvalue weighted by Crippen LogP contribution is 2.22. The number of rotatable bonds is 3. The molecule has 2 aromatic carbocycles. The fraction of sp³-hybridized carbons (Fsp3) is 0.286. The molecular weight excluding hydrogens is 324 g/mol. The van der Waals surface area contributed by atoms with Crippen molar-refractivity contribution >= 4 is 28.3 Å². The Kier molecular flexibility index (Phi) is 4.52. The molecule has 1 fully saturated rings. The van der Waals surface area contributed by atoms with E-state index in [2.05, 4.69) is 27.1 Å². The second-order valence-corrected chi connectivity index (χ2v) is 6.92. The van der Waals surface area contributed by atoms with E-state index in [1.165, 1.54) is 12.8 Å². The van der Waals surface area contributed by atoms with Crippen molar-refractivity contribution in [1.82, 2.24) is 9.97 Å². The van der Waals surface area contributed by atoms with Crippen LogP contribution in [0.5, 0.6) is 0 Å². The molecule has 1 aromatic heterocycles. The second kappa shape index (κ2) is 7.12. The van der Waals surface area contributed by atoms with Crippen LogP contribution in [0.1, 0.15) is 30.1 Å². The summed E-state index contributed by atoms with van der Waals surface area (Å²) in [7, 11) is 0. The molecule has 0 bridgehead atoms. The zero-order valence-corrected chi connectivity index (χ0v) is 14.9. The maximum atomic E-state index is 12.7. The van der Waals surface area contributed by atoms with Gasteiger partial charge < -0.3 is 10.2 Å². The number of amides is 1. The van der Waals surface area contributed by atoms with E-state index in [0.29, 0.717) is 11.3 Å². The summed E-state index contributed by atoms with van der Waals surface area (Å²) in [6.45, 7) is 4.26. The molecule has 0 atom stereocenters. The van der Waals surface area contributed by atoms with E-state index < -0.39 is 0 Å². The number of piperidine rings is 1. The summed E-state index contributed by atoms with van der Waals surface area (Å²) in [5, 5.41) is 4.89. The molecule has 0 aliphatic carbocycles. The lowest BCUT2D eigenvalue weighted by Gasteiger charge is -2.30. The third-order valence-corrected chi connectivity index (χ3v) is 5.00. The van der Waals surface area contributed by atoms with Crippen LogP contribution in [0, 0.1) is 5.92 Å². The Balaban J connectivity index is 1.49. The molecule has 0 radical (unpaired) electrons. The van der Waals surface area contributed by atoms with Gasteiger partial charge in [-0.25, -0.2) is 9.97 Å². The maximum absolute atomic E-state index is 12.7. The van der Waals surface area contributed by atoms with Gasteiger partial charge in [0, 0.05) is 18.7 Å². The van der Waals surface area contributed by atoms with Crippen LogP contribution < -0.4 is 10.2 Å². The highest BCUT2D eigenvalue weighted by molar-refractivity contribution is 6.12. The zero-order valence-electron chi connectivity index (χ0n) is 14.9. The minimum absolute atomic E-state index is 0.148. The quantitative estimate of drug-likeness (QED) is 0.775. The Bertz CT molecular complexity index is 909. The number of aromatic nitrogens is 2. The first-order valence-corrected chi connectivity index (χ1v) is 9.07. The van der Waals surface area contributed by atoms with Crippen molar-refractivity contribution in [2.24, 2.45) is 5.92 Å². The second-order valence-electron chi connectivity index (χ2n) is 6.92. The number of anilines is 2. The van der Waals surface area contributed by atoms with Gasteiger partial charge in [-0.3, -0.25) is 4.79 Å². The van der Waals surface area contributed by atoms with E-state index in [1.54, 1.807) is 12.4 Å². The molecule has 1 N–H and O–H groups in total. The third-order valence-electron chi connectivity index (χ3n) is 5.00. The van der Waals surface area contributed by atoms with E-state index in [4.69, 9.17) is 0 Å². The number of nitrogens with zero attached hydrogens (tertiary/aromatic N) is 3. The van der Waals surface area contributed by atoms with E-state index in [1.807, 2.05) is 42.5 Å². The van der Waals surface area contributed by atoms with Gasteiger partial charge in [-0.15, -0.1) is 0 Å². The summed E-state index contributed by atoms with van der Waals surface area (Å²) in [4.78, 5) is 23.8. The topological polar surface area (TPSA) is 58.1 Å². The van der Waals surface area contributed by atoms with Crippen LogP contribution in [0.15, 0.2) is 54.9 Å². The van der Waals surface area contributed by atoms with Gasteiger partial charge >= 0.3 is 0 Å². The molecular formula is C21H22N4O. The van der Waals surface area contributed by atoms with E-state index >= 15 is 0 Å². The predicted octanol–water partition coefficient (Wildman–Crippen LogP) is 4.12. The van der Waals surface area contributed by atoms with Crippen LogP contribution in [0.3, 0.4) is 0 Å². The van der Waals surface area contributed by atoms with E-state index in [0.717, 1.165) is 35.7 Å². The molecule has 4 rings (SSSR count). The van der Waals surface area contributed by atoms with Gasteiger partial charge in [-0.1, -0.05) is 43.3 Å². The van der Waals surface area contributed by atoms with Crippen molar-refractivity contribution in [3.05, 3.63) is 60.4 Å². The van der Waals surface area contributed by atoms with Crippen molar-refractivity contribution in [1.29, 1.82) is 0 Å². The Morgan fingerprint density at radius 2 is 1.73 bits per heavy atom. The minimum atomic E-state index is -0.148. The summed E-state index contributed by atoms with van der Waals surface area (Å²) >= 11 is 0. The smallest absolute Gasteiger partial charge is 0.256 e. The Labute approximate surface area is 153 Å². The lowest BCUT2D eigenvalue weighted by molar-refractivity contribution is 0.102. The summed E-state index contributed by atoms with van der Waals surface area (Å²) in [5.41, 5.74) is 1.26. The van der Waals surface area contributed by atoms with Gasteiger partial charge in [0.05, 0.1) is 18.1 Å². The average molecular weight is 346 g/mol. The molecule has 0 unspecified atom stereocenters. The highest BCUT2D eigenvalue weighted by atomic mass is 16.1. The monoisotopic (exact) mass is 346 g/mol. The van der Waals surface area contributed by atoms with Crippen LogP contribution in [0.25, 0.3) is 10.8 Å². The van der Waals surface area contributed by atoms with Crippen molar-refractivity contribution in [3.63, 3.8) is 0 Å². The normalized spacial score (nSPS) is 15.2. The fourth-order valence-corrected chi connectivity index (χ4v) is 3.38. The van der Waals surface area contributed by atoms with Crippen LogP contribution in [-0.4, -0.2) is 29.0 Å². The standard InChI is InChI=1S/C21H22N4O/c1-15-9-11-25(12-10-15)21-22-13-17(14-23-21)24-20(26)19-8-4-6-16-5-2-3-7-18(16)19/h2-8,13-15H,9-12H2,1H3,(H,24,26). The SMILES string of the molecule is CC1CCN(c2ncc(NC(=O)c3cccc4ccccc34)cn2)CC1. The first-order valence-electron chi connectivity index (χ1n) is 9.07. The largest absolute Gasteiger partial charge is 0.341 e. The molecule has 132 valence electrons. The summed E-state index contributed by atoms with van der Waals surface area (Å²) in [6.07, 6.45) is 5.71. The van der Waals surface area contributed by atoms with Gasteiger partial charge in [0.2, 0.25) is 5.95 Å². The molecule has 5 heteroatoms. The number of benzene rings is 2. The molecule has 1 saturated heterocycles.